The van der Waals surface area contributed by atoms with Crippen molar-refractivity contribution < 1.29 is 14.3 Å². The van der Waals surface area contributed by atoms with Crippen molar-refractivity contribution in [2.24, 2.45) is 5.92 Å². The van der Waals surface area contributed by atoms with Crippen molar-refractivity contribution in [3.05, 3.63) is 35.9 Å². The van der Waals surface area contributed by atoms with E-state index in [4.69, 9.17) is 9.47 Å². The average Bonchev–Trinajstić information content (AvgIpc) is 2.43. The van der Waals surface area contributed by atoms with Crippen LogP contribution in [0.15, 0.2) is 30.3 Å². The smallest absolute Gasteiger partial charge is 0.191 e. The van der Waals surface area contributed by atoms with E-state index in [1.165, 1.54) is 0 Å². The Morgan fingerprint density at radius 2 is 1.84 bits per heavy atom. The molecule has 0 radical (unpaired) electrons. The number of carbonyl (C=O) groups is 1. The number of ketones is 1. The van der Waals surface area contributed by atoms with Crippen molar-refractivity contribution in [2.45, 2.75) is 33.3 Å². The first-order valence-electron chi connectivity index (χ1n) is 6.93. The fourth-order valence-electron chi connectivity index (χ4n) is 1.74. The molecule has 3 nitrogen and oxygen atoms in total. The quantitative estimate of drug-likeness (QED) is 0.507. The largest absolute Gasteiger partial charge is 0.379 e. The van der Waals surface area contributed by atoms with Crippen molar-refractivity contribution in [2.75, 3.05) is 19.8 Å². The lowest BCUT2D eigenvalue weighted by atomic mass is 10.0. The van der Waals surface area contributed by atoms with E-state index in [-0.39, 0.29) is 11.9 Å². The fraction of sp³-hybridized carbons (Fsp3) is 0.562. The van der Waals surface area contributed by atoms with Gasteiger partial charge in [0.2, 0.25) is 0 Å². The van der Waals surface area contributed by atoms with Crippen molar-refractivity contribution in [1.82, 2.24) is 0 Å². The highest BCUT2D eigenvalue weighted by atomic mass is 16.5. The lowest BCUT2D eigenvalue weighted by Crippen LogP contribution is -2.25. The Kier molecular flexibility index (Phi) is 7.38. The molecule has 1 atom stereocenters. The van der Waals surface area contributed by atoms with Crippen LogP contribution in [-0.4, -0.2) is 31.7 Å². The van der Waals surface area contributed by atoms with Gasteiger partial charge in [-0.1, -0.05) is 51.1 Å². The average molecular weight is 264 g/mol. The first kappa shape index (κ1) is 15.9. The molecule has 0 saturated heterocycles. The third kappa shape index (κ3) is 5.99. The van der Waals surface area contributed by atoms with Gasteiger partial charge in [-0.2, -0.15) is 0 Å². The van der Waals surface area contributed by atoms with Crippen LogP contribution in [0.1, 0.15) is 37.6 Å². The fourth-order valence-corrected chi connectivity index (χ4v) is 1.74. The SMILES string of the molecule is CCC(OCCOCC(C)C)C(=O)c1ccccc1. The van der Waals surface area contributed by atoms with Crippen LogP contribution < -0.4 is 0 Å². The predicted molar refractivity (Wildman–Crippen MR) is 76.5 cm³/mol. The molecule has 19 heavy (non-hydrogen) atoms. The summed E-state index contributed by atoms with van der Waals surface area (Å²) < 4.78 is 11.1. The molecule has 0 amide bonds. The van der Waals surface area contributed by atoms with E-state index in [2.05, 4.69) is 13.8 Å². The highest BCUT2D eigenvalue weighted by Gasteiger charge is 2.18. The molecular weight excluding hydrogens is 240 g/mol. The van der Waals surface area contributed by atoms with Crippen LogP contribution in [0.3, 0.4) is 0 Å². The Morgan fingerprint density at radius 3 is 2.42 bits per heavy atom. The van der Waals surface area contributed by atoms with Crippen LogP contribution in [0.4, 0.5) is 0 Å². The van der Waals surface area contributed by atoms with E-state index in [0.29, 0.717) is 31.1 Å². The Balaban J connectivity index is 2.35. The molecule has 106 valence electrons. The Hall–Kier alpha value is -1.19. The summed E-state index contributed by atoms with van der Waals surface area (Å²) in [5, 5.41) is 0. The predicted octanol–water partition coefficient (Wildman–Crippen LogP) is 3.34. The van der Waals surface area contributed by atoms with Crippen molar-refractivity contribution in [1.29, 1.82) is 0 Å². The van der Waals surface area contributed by atoms with Crippen LogP contribution in [-0.2, 0) is 9.47 Å². The van der Waals surface area contributed by atoms with Crippen molar-refractivity contribution >= 4 is 5.78 Å². The van der Waals surface area contributed by atoms with Gasteiger partial charge in [0.1, 0.15) is 6.10 Å². The first-order valence-corrected chi connectivity index (χ1v) is 6.93. The molecule has 0 spiro atoms. The van der Waals surface area contributed by atoms with Crippen LogP contribution in [0.5, 0.6) is 0 Å². The van der Waals surface area contributed by atoms with Crippen LogP contribution in [0, 0.1) is 5.92 Å². The van der Waals surface area contributed by atoms with Crippen LogP contribution in [0.25, 0.3) is 0 Å². The van der Waals surface area contributed by atoms with E-state index < -0.39 is 0 Å². The number of ether oxygens (including phenoxy) is 2. The zero-order valence-electron chi connectivity index (χ0n) is 12.1. The third-order valence-electron chi connectivity index (χ3n) is 2.72. The third-order valence-corrected chi connectivity index (χ3v) is 2.72. The monoisotopic (exact) mass is 264 g/mol. The maximum Gasteiger partial charge on any atom is 0.191 e. The molecule has 0 aliphatic heterocycles. The summed E-state index contributed by atoms with van der Waals surface area (Å²) in [6.07, 6.45) is 0.308. The molecule has 1 rings (SSSR count). The maximum atomic E-state index is 12.2. The molecule has 1 unspecified atom stereocenters. The van der Waals surface area contributed by atoms with Gasteiger partial charge >= 0.3 is 0 Å². The summed E-state index contributed by atoms with van der Waals surface area (Å²) in [6, 6.07) is 9.28. The number of carbonyl (C=O) groups excluding carboxylic acids is 1. The summed E-state index contributed by atoms with van der Waals surface area (Å²) in [4.78, 5) is 12.2. The summed E-state index contributed by atoms with van der Waals surface area (Å²) in [6.45, 7) is 7.90. The van der Waals surface area contributed by atoms with E-state index in [9.17, 15) is 4.79 Å². The van der Waals surface area contributed by atoms with Gasteiger partial charge in [-0.25, -0.2) is 0 Å². The zero-order chi connectivity index (χ0) is 14.1. The van der Waals surface area contributed by atoms with Gasteiger partial charge < -0.3 is 9.47 Å². The highest BCUT2D eigenvalue weighted by Crippen LogP contribution is 2.09. The number of hydrogen-bond acceptors (Lipinski definition) is 3. The van der Waals surface area contributed by atoms with E-state index in [0.717, 1.165) is 6.61 Å². The molecule has 0 fully saturated rings. The number of hydrogen-bond donors (Lipinski definition) is 0. The molecule has 0 N–H and O–H groups in total. The number of benzene rings is 1. The summed E-state index contributed by atoms with van der Waals surface area (Å²) in [5.74, 6) is 0.569. The van der Waals surface area contributed by atoms with Gasteiger partial charge in [0.05, 0.1) is 13.2 Å². The van der Waals surface area contributed by atoms with Gasteiger partial charge in [-0.3, -0.25) is 4.79 Å². The van der Waals surface area contributed by atoms with Crippen molar-refractivity contribution in [3.8, 4) is 0 Å². The van der Waals surface area contributed by atoms with E-state index >= 15 is 0 Å². The van der Waals surface area contributed by atoms with Crippen molar-refractivity contribution in [3.63, 3.8) is 0 Å². The van der Waals surface area contributed by atoms with Gasteiger partial charge in [-0.05, 0) is 12.3 Å². The molecule has 1 aromatic carbocycles. The highest BCUT2D eigenvalue weighted by molar-refractivity contribution is 5.99. The van der Waals surface area contributed by atoms with Gasteiger partial charge in [0.25, 0.3) is 0 Å². The van der Waals surface area contributed by atoms with Crippen LogP contribution >= 0.6 is 0 Å². The molecule has 0 saturated carbocycles. The minimum atomic E-state index is -0.370. The molecule has 0 aromatic heterocycles. The topological polar surface area (TPSA) is 35.5 Å². The molecule has 0 heterocycles. The summed E-state index contributed by atoms with van der Waals surface area (Å²) in [7, 11) is 0. The molecule has 1 aromatic rings. The molecule has 0 aliphatic rings. The Bertz CT molecular complexity index is 360. The summed E-state index contributed by atoms with van der Waals surface area (Å²) >= 11 is 0. The maximum absolute atomic E-state index is 12.2. The Labute approximate surface area is 115 Å². The normalized spacial score (nSPS) is 12.6. The van der Waals surface area contributed by atoms with Crippen LogP contribution in [0.2, 0.25) is 0 Å². The van der Waals surface area contributed by atoms with Gasteiger partial charge in [0, 0.05) is 12.2 Å². The second-order valence-electron chi connectivity index (χ2n) is 4.97. The minimum Gasteiger partial charge on any atom is -0.379 e. The standard InChI is InChI=1S/C16H24O3/c1-4-15(19-11-10-18-12-13(2)3)16(17)14-8-6-5-7-9-14/h5-9,13,15H,4,10-12H2,1-3H3. The molecular formula is C16H24O3. The van der Waals surface area contributed by atoms with E-state index in [1.54, 1.807) is 0 Å². The first-order chi connectivity index (χ1) is 9.15. The molecule has 3 heteroatoms. The minimum absolute atomic E-state index is 0.0481. The number of rotatable bonds is 9. The zero-order valence-corrected chi connectivity index (χ0v) is 12.1. The second-order valence-corrected chi connectivity index (χ2v) is 4.97. The summed E-state index contributed by atoms with van der Waals surface area (Å²) in [5.41, 5.74) is 0.706. The van der Waals surface area contributed by atoms with E-state index in [1.807, 2.05) is 37.3 Å². The second kappa shape index (κ2) is 8.83. The lowest BCUT2D eigenvalue weighted by Gasteiger charge is -2.15. The van der Waals surface area contributed by atoms with Gasteiger partial charge in [0.15, 0.2) is 5.78 Å². The molecule has 0 bridgehead atoms. The Morgan fingerprint density at radius 1 is 1.16 bits per heavy atom. The molecule has 0 aliphatic carbocycles. The van der Waals surface area contributed by atoms with Gasteiger partial charge in [-0.15, -0.1) is 0 Å². The lowest BCUT2D eigenvalue weighted by molar-refractivity contribution is 0.00316. The number of Topliss-reactive ketones (excluding diaryl/α,β-unsaturated/α-hetero) is 1.